The summed E-state index contributed by atoms with van der Waals surface area (Å²) in [7, 11) is 0. The fourth-order valence-corrected chi connectivity index (χ4v) is 10.8. The van der Waals surface area contributed by atoms with Crippen LogP contribution in [0.25, 0.3) is 0 Å². The van der Waals surface area contributed by atoms with Gasteiger partial charge in [-0.2, -0.15) is 0 Å². The Hall–Kier alpha value is -3.42. The van der Waals surface area contributed by atoms with Gasteiger partial charge < -0.3 is 45.1 Å². The molecule has 0 aliphatic carbocycles. The van der Waals surface area contributed by atoms with E-state index in [2.05, 4.69) is 111 Å². The highest BCUT2D eigenvalue weighted by atomic mass is 16.7. The Morgan fingerprint density at radius 1 is 0.460 bits per heavy atom. The molecule has 1 rings (SSSR count). The van der Waals surface area contributed by atoms with Crippen LogP contribution < -0.4 is 5.32 Å². The molecule has 1 amide bonds. The molecule has 11 nitrogen and oxygen atoms in total. The third kappa shape index (κ3) is 50.0. The molecule has 1 aliphatic rings. The van der Waals surface area contributed by atoms with Crippen molar-refractivity contribution in [3.63, 3.8) is 0 Å². The number of hydrogen-bond donors (Lipinski definition) is 6. The van der Waals surface area contributed by atoms with Crippen molar-refractivity contribution in [2.24, 2.45) is 0 Å². The number of nitrogens with one attached hydrogen (secondary N) is 1. The molecule has 87 heavy (non-hydrogen) atoms. The highest BCUT2D eigenvalue weighted by Crippen LogP contribution is 2.26. The van der Waals surface area contributed by atoms with E-state index in [9.17, 15) is 35.1 Å². The number of amides is 1. The first-order valence-electron chi connectivity index (χ1n) is 36.0. The fourth-order valence-electron chi connectivity index (χ4n) is 10.8. The molecule has 6 N–H and O–H groups in total. The summed E-state index contributed by atoms with van der Waals surface area (Å²) in [5.74, 6) is -1.24. The molecule has 11 heteroatoms. The van der Waals surface area contributed by atoms with E-state index in [4.69, 9.17) is 14.2 Å². The Morgan fingerprint density at radius 2 is 0.828 bits per heavy atom. The Kier molecular flexibility index (Phi) is 58.9. The van der Waals surface area contributed by atoms with Gasteiger partial charge in [-0.15, -0.1) is 0 Å². The lowest BCUT2D eigenvalue weighted by Gasteiger charge is -2.41. The molecule has 0 radical (unpaired) electrons. The minimum absolute atomic E-state index is 0.0652. The standard InChI is InChI=1S/C76H133NO10/c1-4-7-10-13-16-19-22-24-26-28-30-32-33-34-35-36-38-39-41-43-45-48-51-54-57-60-63-69(80)75(84)77-67(68(79)62-59-56-53-50-47-21-18-15-12-9-6-3)66-85-76-74(73(83)72(82)70(65-78)86-76)87-71(81)64-61-58-55-52-49-46-44-42-40-37-31-29-27-25-23-20-17-14-11-8-5-2/h8,11,17,20,24-27,31,37,42,44,49,52,59,62,67-70,72-74,76,78-80,82-83H,4-7,9-10,12-16,18-19,21-23,28-30,32-36,38-41,43,45-48,50-51,53-58,60-61,63-66H2,1-3H3,(H,77,84)/b11-8-,20-17-,26-24+,27-25-,37-31-,44-42-,52-49-,62-59+. The van der Waals surface area contributed by atoms with Crippen LogP contribution in [-0.2, 0) is 23.8 Å². The minimum atomic E-state index is -1.64. The number of rotatable bonds is 61. The number of ether oxygens (including phenoxy) is 3. The number of esters is 1. The van der Waals surface area contributed by atoms with Crippen LogP contribution in [0.3, 0.4) is 0 Å². The van der Waals surface area contributed by atoms with Crippen molar-refractivity contribution in [1.29, 1.82) is 0 Å². The van der Waals surface area contributed by atoms with Crippen molar-refractivity contribution in [2.45, 2.75) is 359 Å². The first kappa shape index (κ1) is 81.6. The SMILES string of the molecule is CC/C=C\C/C=C\C/C=C\C/C=C\C/C=C\C/C=C\CCCCC(=O)OC1C(OCC(NC(=O)C(O)CCCCCCCCCCCCCCCCCC/C=C/CCCCCCCC)C(O)/C=C/CCCCCCCCCCC)OC(CO)C(O)C1O. The molecule has 8 unspecified atom stereocenters. The van der Waals surface area contributed by atoms with Gasteiger partial charge in [0.1, 0.15) is 24.4 Å². The van der Waals surface area contributed by atoms with Gasteiger partial charge in [-0.05, 0) is 103 Å². The van der Waals surface area contributed by atoms with Gasteiger partial charge in [-0.1, -0.05) is 298 Å². The second kappa shape index (κ2) is 62.8. The minimum Gasteiger partial charge on any atom is -0.454 e. The number of unbranched alkanes of at least 4 members (excludes halogenated alkanes) is 33. The van der Waals surface area contributed by atoms with Gasteiger partial charge in [-0.25, -0.2) is 0 Å². The Labute approximate surface area is 533 Å². The predicted octanol–water partition coefficient (Wildman–Crippen LogP) is 18.6. The fraction of sp³-hybridized carbons (Fsp3) is 0.763. The second-order valence-corrected chi connectivity index (χ2v) is 24.6. The number of hydrogen-bond acceptors (Lipinski definition) is 10. The van der Waals surface area contributed by atoms with Crippen molar-refractivity contribution in [2.75, 3.05) is 13.2 Å². The van der Waals surface area contributed by atoms with Gasteiger partial charge in [0, 0.05) is 6.42 Å². The summed E-state index contributed by atoms with van der Waals surface area (Å²) in [5, 5.41) is 57.2. The monoisotopic (exact) mass is 1220 g/mol. The summed E-state index contributed by atoms with van der Waals surface area (Å²) in [4.78, 5) is 26.7. The summed E-state index contributed by atoms with van der Waals surface area (Å²) in [6.07, 6.45) is 74.6. The van der Waals surface area contributed by atoms with Gasteiger partial charge in [0.05, 0.1) is 25.4 Å². The molecule has 0 aromatic heterocycles. The smallest absolute Gasteiger partial charge is 0.306 e. The van der Waals surface area contributed by atoms with E-state index in [0.717, 1.165) is 89.9 Å². The summed E-state index contributed by atoms with van der Waals surface area (Å²) >= 11 is 0. The first-order valence-corrected chi connectivity index (χ1v) is 36.0. The average molecular weight is 1220 g/mol. The van der Waals surface area contributed by atoms with Crippen LogP contribution >= 0.6 is 0 Å². The number of carbonyl (C=O) groups excluding carboxylic acids is 2. The molecular formula is C76H133NO10. The normalized spacial score (nSPS) is 18.8. The lowest BCUT2D eigenvalue weighted by atomic mass is 9.99. The lowest BCUT2D eigenvalue weighted by molar-refractivity contribution is -0.305. The number of allylic oxidation sites excluding steroid dienone is 15. The summed E-state index contributed by atoms with van der Waals surface area (Å²) in [5.41, 5.74) is 0. The molecule has 8 atom stereocenters. The maximum Gasteiger partial charge on any atom is 0.306 e. The van der Waals surface area contributed by atoms with Crippen LogP contribution in [0.15, 0.2) is 97.2 Å². The van der Waals surface area contributed by atoms with E-state index >= 15 is 0 Å². The van der Waals surface area contributed by atoms with Crippen molar-refractivity contribution in [3.8, 4) is 0 Å². The van der Waals surface area contributed by atoms with Crippen molar-refractivity contribution in [3.05, 3.63) is 97.2 Å². The summed E-state index contributed by atoms with van der Waals surface area (Å²) < 4.78 is 17.6. The van der Waals surface area contributed by atoms with Crippen LogP contribution in [0.2, 0.25) is 0 Å². The first-order chi connectivity index (χ1) is 42.7. The zero-order valence-corrected chi connectivity index (χ0v) is 55.9. The highest BCUT2D eigenvalue weighted by Gasteiger charge is 2.47. The zero-order chi connectivity index (χ0) is 63.1. The Bertz CT molecular complexity index is 1790. The van der Waals surface area contributed by atoms with E-state index in [1.807, 2.05) is 6.08 Å². The van der Waals surface area contributed by atoms with Crippen molar-refractivity contribution >= 4 is 11.9 Å². The van der Waals surface area contributed by atoms with E-state index in [1.54, 1.807) is 6.08 Å². The van der Waals surface area contributed by atoms with E-state index in [0.29, 0.717) is 12.8 Å². The second-order valence-electron chi connectivity index (χ2n) is 24.6. The molecule has 0 aromatic carbocycles. The van der Waals surface area contributed by atoms with Crippen LogP contribution in [0, 0.1) is 0 Å². The topological polar surface area (TPSA) is 175 Å². The Balaban J connectivity index is 2.56. The molecule has 1 saturated heterocycles. The highest BCUT2D eigenvalue weighted by molar-refractivity contribution is 5.80. The molecule has 0 spiro atoms. The third-order valence-corrected chi connectivity index (χ3v) is 16.5. The zero-order valence-electron chi connectivity index (χ0n) is 55.9. The number of aliphatic hydroxyl groups excluding tert-OH is 5. The van der Waals surface area contributed by atoms with E-state index < -0.39 is 67.4 Å². The van der Waals surface area contributed by atoms with Crippen LogP contribution in [0.1, 0.15) is 310 Å². The van der Waals surface area contributed by atoms with Gasteiger partial charge in [0.2, 0.25) is 5.91 Å². The summed E-state index contributed by atoms with van der Waals surface area (Å²) in [6, 6.07) is -1.04. The van der Waals surface area contributed by atoms with Gasteiger partial charge in [-0.3, -0.25) is 9.59 Å². The third-order valence-electron chi connectivity index (χ3n) is 16.5. The molecule has 502 valence electrons. The number of carbonyl (C=O) groups is 2. The predicted molar refractivity (Wildman–Crippen MR) is 365 cm³/mol. The van der Waals surface area contributed by atoms with Crippen LogP contribution in [0.5, 0.6) is 0 Å². The lowest BCUT2D eigenvalue weighted by Crippen LogP contribution is -2.61. The Morgan fingerprint density at radius 3 is 1.25 bits per heavy atom. The quantitative estimate of drug-likeness (QED) is 0.0195. The molecule has 0 saturated carbocycles. The maximum atomic E-state index is 13.5. The molecule has 0 bridgehead atoms. The van der Waals surface area contributed by atoms with Gasteiger partial charge in [0.25, 0.3) is 0 Å². The number of aliphatic hydroxyl groups is 5. The molecule has 1 aliphatic heterocycles. The van der Waals surface area contributed by atoms with Crippen LogP contribution in [-0.4, -0.2) is 99.6 Å². The molecule has 1 fully saturated rings. The average Bonchev–Trinajstić information content (AvgIpc) is 3.60. The van der Waals surface area contributed by atoms with Gasteiger partial charge in [0.15, 0.2) is 12.4 Å². The van der Waals surface area contributed by atoms with Crippen molar-refractivity contribution in [1.82, 2.24) is 5.32 Å². The summed E-state index contributed by atoms with van der Waals surface area (Å²) in [6.45, 7) is 5.67. The molecule has 1 heterocycles. The van der Waals surface area contributed by atoms with Crippen molar-refractivity contribution < 1.29 is 49.3 Å². The van der Waals surface area contributed by atoms with Crippen LogP contribution in [0.4, 0.5) is 0 Å². The van der Waals surface area contributed by atoms with E-state index in [1.165, 1.54) is 173 Å². The molecule has 0 aromatic rings. The molecular weight excluding hydrogens is 1090 g/mol. The largest absolute Gasteiger partial charge is 0.454 e. The van der Waals surface area contributed by atoms with E-state index in [-0.39, 0.29) is 19.4 Å². The maximum absolute atomic E-state index is 13.5. The van der Waals surface area contributed by atoms with Gasteiger partial charge >= 0.3 is 5.97 Å².